The first-order chi connectivity index (χ1) is 4.67. The normalized spacial score (nSPS) is 20.9. The van der Waals surface area contributed by atoms with Crippen molar-refractivity contribution in [2.45, 2.75) is 25.8 Å². The molecule has 2 heteroatoms. The summed E-state index contributed by atoms with van der Waals surface area (Å²) in [6, 6.07) is 0. The van der Waals surface area contributed by atoms with Gasteiger partial charge in [-0.2, -0.15) is 0 Å². The Morgan fingerprint density at radius 1 is 1.60 bits per heavy atom. The summed E-state index contributed by atoms with van der Waals surface area (Å²) in [5.41, 5.74) is -0.0544. The molecule has 0 aromatic carbocycles. The summed E-state index contributed by atoms with van der Waals surface area (Å²) in [4.78, 5) is 0. The van der Waals surface area contributed by atoms with E-state index < -0.39 is 0 Å². The molecule has 0 aliphatic carbocycles. The lowest BCUT2D eigenvalue weighted by Gasteiger charge is -2.28. The number of hydrogen-bond acceptors (Lipinski definition) is 2. The van der Waals surface area contributed by atoms with E-state index in [9.17, 15) is 0 Å². The van der Waals surface area contributed by atoms with Crippen LogP contribution in [0, 0.1) is 12.3 Å². The molecule has 1 rings (SSSR count). The van der Waals surface area contributed by atoms with Gasteiger partial charge < -0.3 is 0 Å². The van der Waals surface area contributed by atoms with E-state index in [1.807, 2.05) is 11.9 Å². The predicted octanol–water partition coefficient (Wildman–Crippen LogP) is 1.75. The van der Waals surface area contributed by atoms with Gasteiger partial charge in [0.1, 0.15) is 0 Å². The highest BCUT2D eigenvalue weighted by molar-refractivity contribution is 7.97. The summed E-state index contributed by atoms with van der Waals surface area (Å²) in [6.07, 6.45) is 6.65. The third-order valence-electron chi connectivity index (χ3n) is 1.73. The summed E-state index contributed by atoms with van der Waals surface area (Å²) in [5.74, 6) is 4.02. The highest BCUT2D eigenvalue weighted by atomic mass is 32.2. The quantitative estimate of drug-likeness (QED) is 0.419. The van der Waals surface area contributed by atoms with Crippen LogP contribution in [0.3, 0.4) is 0 Å². The molecule has 1 fully saturated rings. The first-order valence-electron chi connectivity index (χ1n) is 3.55. The molecule has 1 aliphatic heterocycles. The first kappa shape index (κ1) is 7.97. The molecular formula is C8H13NS. The lowest BCUT2D eigenvalue weighted by molar-refractivity contribution is 0.338. The lowest BCUT2D eigenvalue weighted by Crippen LogP contribution is -2.35. The fraction of sp³-hybridized carbons (Fsp3) is 0.750. The molecule has 0 aromatic heterocycles. The van der Waals surface area contributed by atoms with E-state index in [0.717, 1.165) is 6.54 Å². The van der Waals surface area contributed by atoms with Crippen molar-refractivity contribution in [2.24, 2.45) is 0 Å². The summed E-state index contributed by atoms with van der Waals surface area (Å²) < 4.78 is 2.28. The standard InChI is InChI=1S/C8H13NS/c1-4-8(2,3)9-6-5-7-10-9/h1H,5-7H2,2-3H3. The Labute approximate surface area is 67.3 Å². The van der Waals surface area contributed by atoms with Gasteiger partial charge in [-0.3, -0.25) is 0 Å². The highest BCUT2D eigenvalue weighted by Crippen LogP contribution is 2.28. The molecular weight excluding hydrogens is 142 g/mol. The van der Waals surface area contributed by atoms with Crippen LogP contribution in [0.5, 0.6) is 0 Å². The van der Waals surface area contributed by atoms with Crippen LogP contribution >= 0.6 is 11.9 Å². The first-order valence-corrected chi connectivity index (χ1v) is 4.49. The highest BCUT2D eigenvalue weighted by Gasteiger charge is 2.27. The molecule has 0 amide bonds. The van der Waals surface area contributed by atoms with Crippen molar-refractivity contribution >= 4 is 11.9 Å². The Bertz CT molecular complexity index is 151. The van der Waals surface area contributed by atoms with E-state index in [1.165, 1.54) is 12.2 Å². The number of rotatable bonds is 1. The van der Waals surface area contributed by atoms with Crippen LogP contribution in [-0.2, 0) is 0 Å². The van der Waals surface area contributed by atoms with Crippen LogP contribution in [0.15, 0.2) is 0 Å². The average molecular weight is 155 g/mol. The van der Waals surface area contributed by atoms with Gasteiger partial charge in [-0.25, -0.2) is 4.31 Å². The Kier molecular flexibility index (Phi) is 2.28. The van der Waals surface area contributed by atoms with Gasteiger partial charge in [-0.1, -0.05) is 17.9 Å². The Morgan fingerprint density at radius 2 is 2.30 bits per heavy atom. The molecule has 1 heterocycles. The maximum absolute atomic E-state index is 5.38. The van der Waals surface area contributed by atoms with E-state index in [2.05, 4.69) is 24.1 Å². The zero-order valence-electron chi connectivity index (χ0n) is 6.55. The van der Waals surface area contributed by atoms with Gasteiger partial charge in [-0.15, -0.1) is 6.42 Å². The molecule has 1 aliphatic rings. The number of hydrogen-bond donors (Lipinski definition) is 0. The fourth-order valence-corrected chi connectivity index (χ4v) is 2.07. The van der Waals surface area contributed by atoms with Crippen molar-refractivity contribution in [2.75, 3.05) is 12.3 Å². The molecule has 0 radical (unpaired) electrons. The van der Waals surface area contributed by atoms with Gasteiger partial charge in [0.05, 0.1) is 5.54 Å². The average Bonchev–Trinajstić information content (AvgIpc) is 2.38. The Hall–Kier alpha value is -0.130. The smallest absolute Gasteiger partial charge is 0.0860 e. The van der Waals surface area contributed by atoms with E-state index in [0.29, 0.717) is 0 Å². The molecule has 0 N–H and O–H groups in total. The van der Waals surface area contributed by atoms with Crippen molar-refractivity contribution in [3.63, 3.8) is 0 Å². The Balaban J connectivity index is 2.56. The molecule has 0 unspecified atom stereocenters. The van der Waals surface area contributed by atoms with Crippen molar-refractivity contribution < 1.29 is 0 Å². The molecule has 0 saturated carbocycles. The van der Waals surface area contributed by atoms with E-state index in [1.54, 1.807) is 0 Å². The van der Waals surface area contributed by atoms with Gasteiger partial charge in [0, 0.05) is 12.3 Å². The van der Waals surface area contributed by atoms with E-state index in [4.69, 9.17) is 6.42 Å². The molecule has 0 spiro atoms. The lowest BCUT2D eigenvalue weighted by atomic mass is 10.1. The monoisotopic (exact) mass is 155 g/mol. The van der Waals surface area contributed by atoms with Crippen LogP contribution in [0.1, 0.15) is 20.3 Å². The van der Waals surface area contributed by atoms with Crippen LogP contribution in [0.4, 0.5) is 0 Å². The minimum atomic E-state index is -0.0544. The SMILES string of the molecule is C#CC(C)(C)N1CCCS1. The largest absolute Gasteiger partial charge is 0.233 e. The predicted molar refractivity (Wildman–Crippen MR) is 46.7 cm³/mol. The summed E-state index contributed by atoms with van der Waals surface area (Å²) in [6.45, 7) is 5.32. The second-order valence-corrected chi connectivity index (χ2v) is 4.10. The summed E-state index contributed by atoms with van der Waals surface area (Å²) in [5, 5.41) is 0. The second-order valence-electron chi connectivity index (χ2n) is 2.99. The third kappa shape index (κ3) is 1.47. The molecule has 0 bridgehead atoms. The summed E-state index contributed by atoms with van der Waals surface area (Å²) in [7, 11) is 0. The molecule has 0 atom stereocenters. The van der Waals surface area contributed by atoms with Crippen LogP contribution in [-0.4, -0.2) is 22.1 Å². The molecule has 1 saturated heterocycles. The second kappa shape index (κ2) is 2.86. The molecule has 1 nitrogen and oxygen atoms in total. The van der Waals surface area contributed by atoms with Crippen molar-refractivity contribution in [1.29, 1.82) is 0 Å². The van der Waals surface area contributed by atoms with Gasteiger partial charge in [0.2, 0.25) is 0 Å². The van der Waals surface area contributed by atoms with Gasteiger partial charge in [0.15, 0.2) is 0 Å². The fourth-order valence-electron chi connectivity index (χ4n) is 0.960. The van der Waals surface area contributed by atoms with E-state index in [-0.39, 0.29) is 5.54 Å². The zero-order chi connectivity index (χ0) is 7.61. The summed E-state index contributed by atoms with van der Waals surface area (Å²) >= 11 is 1.86. The van der Waals surface area contributed by atoms with Crippen molar-refractivity contribution in [3.8, 4) is 12.3 Å². The molecule has 56 valence electrons. The van der Waals surface area contributed by atoms with Crippen molar-refractivity contribution in [1.82, 2.24) is 4.31 Å². The van der Waals surface area contributed by atoms with Crippen LogP contribution in [0.2, 0.25) is 0 Å². The van der Waals surface area contributed by atoms with Crippen molar-refractivity contribution in [3.05, 3.63) is 0 Å². The number of nitrogens with zero attached hydrogens (tertiary/aromatic N) is 1. The maximum atomic E-state index is 5.38. The van der Waals surface area contributed by atoms with Gasteiger partial charge in [-0.05, 0) is 20.3 Å². The van der Waals surface area contributed by atoms with Crippen LogP contribution < -0.4 is 0 Å². The topological polar surface area (TPSA) is 3.24 Å². The minimum absolute atomic E-state index is 0.0544. The molecule has 10 heavy (non-hydrogen) atoms. The Morgan fingerprint density at radius 3 is 2.70 bits per heavy atom. The van der Waals surface area contributed by atoms with Crippen LogP contribution in [0.25, 0.3) is 0 Å². The number of terminal acetylenes is 1. The maximum Gasteiger partial charge on any atom is 0.0860 e. The van der Waals surface area contributed by atoms with E-state index >= 15 is 0 Å². The zero-order valence-corrected chi connectivity index (χ0v) is 7.37. The third-order valence-corrected chi connectivity index (χ3v) is 3.15. The minimum Gasteiger partial charge on any atom is -0.233 e. The van der Waals surface area contributed by atoms with Gasteiger partial charge in [0.25, 0.3) is 0 Å². The van der Waals surface area contributed by atoms with Gasteiger partial charge >= 0.3 is 0 Å². The molecule has 0 aromatic rings.